The van der Waals surface area contributed by atoms with E-state index in [2.05, 4.69) is 44.1 Å². The highest BCUT2D eigenvalue weighted by atomic mass is 35.5. The molecule has 0 saturated carbocycles. The number of aryl methyl sites for hydroxylation is 3. The molecule has 178 valence electrons. The maximum atomic E-state index is 6.58. The summed E-state index contributed by atoms with van der Waals surface area (Å²) in [6.45, 7) is 4.86. The van der Waals surface area contributed by atoms with Gasteiger partial charge in [0.25, 0.3) is 0 Å². The molecular formula is C26H26ClN7O. The van der Waals surface area contributed by atoms with Gasteiger partial charge in [-0.05, 0) is 31.2 Å². The van der Waals surface area contributed by atoms with Gasteiger partial charge in [0.1, 0.15) is 5.82 Å². The molecule has 1 saturated heterocycles. The number of morpholine rings is 1. The van der Waals surface area contributed by atoms with Gasteiger partial charge in [0, 0.05) is 61.5 Å². The normalized spacial score (nSPS) is 14.2. The molecule has 1 N–H and O–H groups in total. The lowest BCUT2D eigenvalue weighted by Crippen LogP contribution is -2.37. The average molecular weight is 488 g/mol. The summed E-state index contributed by atoms with van der Waals surface area (Å²) < 4.78 is 9.51. The van der Waals surface area contributed by atoms with Crippen molar-refractivity contribution in [3.05, 3.63) is 59.4 Å². The second-order valence-corrected chi connectivity index (χ2v) is 9.33. The van der Waals surface area contributed by atoms with Crippen LogP contribution in [-0.2, 0) is 18.8 Å². The van der Waals surface area contributed by atoms with E-state index in [4.69, 9.17) is 26.3 Å². The van der Waals surface area contributed by atoms with E-state index in [0.29, 0.717) is 30.0 Å². The van der Waals surface area contributed by atoms with Crippen molar-refractivity contribution >= 4 is 50.9 Å². The Kier molecular flexibility index (Phi) is 5.35. The second-order valence-electron chi connectivity index (χ2n) is 8.92. The van der Waals surface area contributed by atoms with Crippen LogP contribution in [0.3, 0.4) is 0 Å². The first-order valence-corrected chi connectivity index (χ1v) is 12.0. The Morgan fingerprint density at radius 3 is 2.60 bits per heavy atom. The van der Waals surface area contributed by atoms with Crippen LogP contribution in [0.15, 0.2) is 48.7 Å². The highest BCUT2D eigenvalue weighted by molar-refractivity contribution is 6.35. The van der Waals surface area contributed by atoms with Crippen LogP contribution in [0.2, 0.25) is 5.02 Å². The van der Waals surface area contributed by atoms with Crippen LogP contribution in [0.5, 0.6) is 0 Å². The van der Waals surface area contributed by atoms with Crippen molar-refractivity contribution in [2.75, 3.05) is 36.5 Å². The van der Waals surface area contributed by atoms with Crippen molar-refractivity contribution in [2.45, 2.75) is 6.92 Å². The molecule has 35 heavy (non-hydrogen) atoms. The predicted octanol–water partition coefficient (Wildman–Crippen LogP) is 5.06. The maximum Gasteiger partial charge on any atom is 0.228 e. The summed E-state index contributed by atoms with van der Waals surface area (Å²) in [5.41, 5.74) is 5.87. The highest BCUT2D eigenvalue weighted by Gasteiger charge is 2.18. The summed E-state index contributed by atoms with van der Waals surface area (Å²) in [5.74, 6) is 1.39. The number of nitrogens with zero attached hydrogens (tertiary/aromatic N) is 6. The number of rotatable bonds is 4. The Hall–Kier alpha value is -3.62. The van der Waals surface area contributed by atoms with Gasteiger partial charge in [-0.25, -0.2) is 4.98 Å². The van der Waals surface area contributed by atoms with Gasteiger partial charge < -0.3 is 19.5 Å². The highest BCUT2D eigenvalue weighted by Crippen LogP contribution is 2.32. The van der Waals surface area contributed by atoms with E-state index in [1.54, 1.807) is 0 Å². The summed E-state index contributed by atoms with van der Waals surface area (Å²) in [6.07, 6.45) is 2.01. The van der Waals surface area contributed by atoms with Gasteiger partial charge in [0.05, 0.1) is 40.7 Å². The first-order chi connectivity index (χ1) is 17.0. The monoisotopic (exact) mass is 487 g/mol. The quantitative estimate of drug-likeness (QED) is 0.382. The number of halogens is 1. The van der Waals surface area contributed by atoms with Crippen LogP contribution < -0.4 is 10.2 Å². The predicted molar refractivity (Wildman–Crippen MR) is 141 cm³/mol. The Balaban J connectivity index is 1.45. The minimum atomic E-state index is 0.663. The third-order valence-corrected chi connectivity index (χ3v) is 6.88. The van der Waals surface area contributed by atoms with Crippen LogP contribution in [-0.4, -0.2) is 50.6 Å². The van der Waals surface area contributed by atoms with E-state index < -0.39 is 0 Å². The molecule has 1 aliphatic rings. The molecule has 5 aromatic rings. The van der Waals surface area contributed by atoms with Crippen LogP contribution in [0.25, 0.3) is 33.1 Å². The summed E-state index contributed by atoms with van der Waals surface area (Å²) in [6, 6.07) is 14.4. The molecular weight excluding hydrogens is 462 g/mol. The van der Waals surface area contributed by atoms with Gasteiger partial charge in [-0.15, -0.1) is 0 Å². The Bertz CT molecular complexity index is 1570. The molecule has 8 nitrogen and oxygen atoms in total. The van der Waals surface area contributed by atoms with E-state index in [1.165, 1.54) is 0 Å². The topological polar surface area (TPSA) is 73.0 Å². The van der Waals surface area contributed by atoms with Gasteiger partial charge in [0.2, 0.25) is 5.95 Å². The number of nitrogens with one attached hydrogen (secondary N) is 1. The van der Waals surface area contributed by atoms with Crippen molar-refractivity contribution in [3.8, 4) is 11.3 Å². The molecule has 0 unspecified atom stereocenters. The first-order valence-electron chi connectivity index (χ1n) is 11.6. The van der Waals surface area contributed by atoms with Crippen molar-refractivity contribution < 1.29 is 4.74 Å². The van der Waals surface area contributed by atoms with Crippen LogP contribution >= 0.6 is 11.6 Å². The zero-order valence-electron chi connectivity index (χ0n) is 19.9. The van der Waals surface area contributed by atoms with Crippen LogP contribution in [0.1, 0.15) is 5.69 Å². The van der Waals surface area contributed by atoms with E-state index in [1.807, 2.05) is 50.1 Å². The van der Waals surface area contributed by atoms with Gasteiger partial charge in [-0.2, -0.15) is 10.1 Å². The Morgan fingerprint density at radius 2 is 1.77 bits per heavy atom. The molecule has 0 atom stereocenters. The minimum absolute atomic E-state index is 0.663. The van der Waals surface area contributed by atoms with Gasteiger partial charge in [0.15, 0.2) is 0 Å². The zero-order chi connectivity index (χ0) is 24.1. The molecule has 0 bridgehead atoms. The molecule has 0 spiro atoms. The number of aromatic nitrogens is 5. The van der Waals surface area contributed by atoms with Gasteiger partial charge >= 0.3 is 0 Å². The molecule has 2 aromatic carbocycles. The van der Waals surface area contributed by atoms with Crippen LogP contribution in [0, 0.1) is 6.92 Å². The SMILES string of the molecule is Cc1nn(C)c2cc(-c3cc(Nc4cc(Cl)c5ccn(C)c5c4)nc(N4CCOCC4)n3)ccc12. The maximum absolute atomic E-state index is 6.58. The molecule has 9 heteroatoms. The first kappa shape index (κ1) is 21.9. The summed E-state index contributed by atoms with van der Waals surface area (Å²) in [4.78, 5) is 12.0. The van der Waals surface area contributed by atoms with Crippen molar-refractivity contribution in [2.24, 2.45) is 14.1 Å². The summed E-state index contributed by atoms with van der Waals surface area (Å²) in [5, 5.41) is 10.9. The average Bonchev–Trinajstić information content (AvgIpc) is 3.38. The fourth-order valence-electron chi connectivity index (χ4n) is 4.70. The number of hydrogen-bond donors (Lipinski definition) is 1. The van der Waals surface area contributed by atoms with E-state index in [0.717, 1.165) is 57.5 Å². The van der Waals surface area contributed by atoms with Gasteiger partial charge in [-0.3, -0.25) is 4.68 Å². The lowest BCUT2D eigenvalue weighted by atomic mass is 10.1. The fraction of sp³-hybridized carbons (Fsp3) is 0.269. The summed E-state index contributed by atoms with van der Waals surface area (Å²) >= 11 is 6.58. The number of hydrogen-bond acceptors (Lipinski definition) is 6. The van der Waals surface area contributed by atoms with Crippen molar-refractivity contribution in [3.63, 3.8) is 0 Å². The Labute approximate surface area is 208 Å². The molecule has 3 aromatic heterocycles. The Morgan fingerprint density at radius 1 is 0.943 bits per heavy atom. The van der Waals surface area contributed by atoms with Crippen molar-refractivity contribution in [1.29, 1.82) is 0 Å². The van der Waals surface area contributed by atoms with E-state index in [-0.39, 0.29) is 0 Å². The fourth-order valence-corrected chi connectivity index (χ4v) is 4.97. The lowest BCUT2D eigenvalue weighted by Gasteiger charge is -2.27. The van der Waals surface area contributed by atoms with Gasteiger partial charge in [-0.1, -0.05) is 23.7 Å². The number of benzene rings is 2. The standard InChI is InChI=1S/C26H26ClN7O/c1-16-19-5-4-17(12-24(19)33(3)31-16)22-15-25(30-26(29-22)34-8-10-35-11-9-34)28-18-13-21(27)20-6-7-32(2)23(20)14-18/h4-7,12-15H,8-11H2,1-3H3,(H,28,29,30). The summed E-state index contributed by atoms with van der Waals surface area (Å²) in [7, 11) is 3.98. The third-order valence-electron chi connectivity index (χ3n) is 6.57. The smallest absolute Gasteiger partial charge is 0.228 e. The molecule has 4 heterocycles. The number of ether oxygens (including phenoxy) is 1. The lowest BCUT2D eigenvalue weighted by molar-refractivity contribution is 0.122. The number of fused-ring (bicyclic) bond motifs is 2. The second kappa shape index (κ2) is 8.55. The largest absolute Gasteiger partial charge is 0.378 e. The number of anilines is 3. The molecule has 6 rings (SSSR count). The third kappa shape index (κ3) is 3.98. The molecule has 0 amide bonds. The molecule has 1 fully saturated rings. The molecule has 0 radical (unpaired) electrons. The van der Waals surface area contributed by atoms with E-state index >= 15 is 0 Å². The zero-order valence-corrected chi connectivity index (χ0v) is 20.7. The molecule has 0 aliphatic carbocycles. The van der Waals surface area contributed by atoms with Crippen molar-refractivity contribution in [1.82, 2.24) is 24.3 Å². The van der Waals surface area contributed by atoms with E-state index in [9.17, 15) is 0 Å². The minimum Gasteiger partial charge on any atom is -0.378 e. The molecule has 1 aliphatic heterocycles. The van der Waals surface area contributed by atoms with Crippen LogP contribution in [0.4, 0.5) is 17.5 Å².